The molecule has 0 fully saturated rings. The van der Waals surface area contributed by atoms with Crippen LogP contribution < -0.4 is 5.32 Å². The third-order valence-electron chi connectivity index (χ3n) is 3.56. The topological polar surface area (TPSA) is 119 Å². The van der Waals surface area contributed by atoms with E-state index in [0.29, 0.717) is 0 Å². The van der Waals surface area contributed by atoms with Crippen LogP contribution in [0.25, 0.3) is 0 Å². The molecule has 0 saturated heterocycles. The first-order valence-corrected chi connectivity index (χ1v) is 10.2. The predicted octanol–water partition coefficient (Wildman–Crippen LogP) is 3.49. The van der Waals surface area contributed by atoms with Gasteiger partial charge in [-0.05, 0) is 33.6 Å². The summed E-state index contributed by atoms with van der Waals surface area (Å²) in [6.45, 7) is 4.76. The van der Waals surface area contributed by atoms with Gasteiger partial charge in [0.15, 0.2) is 0 Å². The number of ether oxygens (including phenoxy) is 2. The summed E-state index contributed by atoms with van der Waals surface area (Å²) < 4.78 is 144. The molecule has 0 bridgehead atoms. The molecule has 0 aromatic heterocycles. The molecule has 17 heteroatoms. The molecule has 0 saturated carbocycles. The Morgan fingerprint density at radius 3 is 1.85 bits per heavy atom. The molecule has 0 rings (SSSR count). The second-order valence-electron chi connectivity index (χ2n) is 7.61. The van der Waals surface area contributed by atoms with Crippen LogP contribution in [0.1, 0.15) is 40.0 Å². The monoisotopic (exact) mass is 523 g/mol. The number of esters is 1. The molecule has 0 aromatic rings. The number of hydrogen-bond donors (Lipinski definition) is 2. The maximum Gasteiger partial charge on any atom is 0.466 e. The van der Waals surface area contributed by atoms with Crippen molar-refractivity contribution in [3.63, 3.8) is 0 Å². The fourth-order valence-electron chi connectivity index (χ4n) is 2.02. The number of carbonyl (C=O) groups is 2. The lowest BCUT2D eigenvalue weighted by atomic mass is 10.1. The van der Waals surface area contributed by atoms with Crippen LogP contribution in [0, 0.1) is 0 Å². The molecule has 1 amide bonds. The Bertz CT molecular complexity index is 852. The van der Waals surface area contributed by atoms with Gasteiger partial charge in [0.2, 0.25) is 5.83 Å². The molecule has 0 aliphatic rings. The minimum Gasteiger partial charge on any atom is -0.410 e. The molecule has 0 aliphatic carbocycles. The van der Waals surface area contributed by atoms with Crippen molar-refractivity contribution in [2.45, 2.75) is 68.7 Å². The van der Waals surface area contributed by atoms with Gasteiger partial charge in [0.25, 0.3) is 0 Å². The molecule has 2 N–H and O–H groups in total. The van der Waals surface area contributed by atoms with E-state index in [1.165, 1.54) is 20.8 Å². The highest BCUT2D eigenvalue weighted by Gasteiger charge is 2.67. The van der Waals surface area contributed by atoms with Crippen LogP contribution in [0.5, 0.6) is 0 Å². The van der Waals surface area contributed by atoms with Crippen LogP contribution in [0.2, 0.25) is 0 Å². The van der Waals surface area contributed by atoms with Crippen molar-refractivity contribution in [2.24, 2.45) is 0 Å². The standard InChI is InChI=1S/C16H21F8NO7S/c1-9(17)10(26)32-14(15(20,21)22,11(27)25-12(2,3)4)31-8-6-5-7-13(18,19)16(23,24)33(28,29)30/h1,5-8H2,2-4H3,(H,25,27)(H,28,29,30). The fraction of sp³-hybridized carbons (Fsp3) is 0.750. The lowest BCUT2D eigenvalue weighted by Crippen LogP contribution is -2.64. The van der Waals surface area contributed by atoms with Gasteiger partial charge in [-0.25, -0.2) is 4.79 Å². The van der Waals surface area contributed by atoms with Crippen molar-refractivity contribution in [1.29, 1.82) is 0 Å². The van der Waals surface area contributed by atoms with Crippen molar-refractivity contribution >= 4 is 22.0 Å². The van der Waals surface area contributed by atoms with Crippen LogP contribution >= 0.6 is 0 Å². The van der Waals surface area contributed by atoms with E-state index in [9.17, 15) is 53.1 Å². The molecule has 33 heavy (non-hydrogen) atoms. The average Bonchev–Trinajstić information content (AvgIpc) is 2.56. The van der Waals surface area contributed by atoms with Gasteiger partial charge in [0, 0.05) is 12.0 Å². The number of unbranched alkanes of at least 4 members (excludes halogenated alkanes) is 1. The first-order chi connectivity index (χ1) is 14.4. The third kappa shape index (κ3) is 7.77. The van der Waals surface area contributed by atoms with Crippen molar-refractivity contribution in [1.82, 2.24) is 5.32 Å². The molecule has 0 aromatic carbocycles. The highest BCUT2D eigenvalue weighted by molar-refractivity contribution is 7.87. The van der Waals surface area contributed by atoms with Crippen molar-refractivity contribution < 1.29 is 67.2 Å². The largest absolute Gasteiger partial charge is 0.466 e. The molecule has 0 heterocycles. The Morgan fingerprint density at radius 1 is 1.00 bits per heavy atom. The zero-order valence-corrected chi connectivity index (χ0v) is 18.2. The SMILES string of the molecule is C=C(F)C(=O)OC(OCCCCC(F)(F)C(F)(F)S(=O)(=O)O)(C(=O)NC(C)(C)C)C(F)(F)F. The van der Waals surface area contributed by atoms with Crippen molar-refractivity contribution in [3.8, 4) is 0 Å². The van der Waals surface area contributed by atoms with Gasteiger partial charge in [0.1, 0.15) is 0 Å². The Kier molecular flexibility index (Phi) is 9.47. The van der Waals surface area contributed by atoms with E-state index in [1.807, 2.05) is 0 Å². The predicted molar refractivity (Wildman–Crippen MR) is 94.3 cm³/mol. The van der Waals surface area contributed by atoms with Gasteiger partial charge in [-0.3, -0.25) is 9.35 Å². The number of rotatable bonds is 11. The van der Waals surface area contributed by atoms with Gasteiger partial charge in [-0.1, -0.05) is 6.58 Å². The van der Waals surface area contributed by atoms with Crippen LogP contribution in [-0.4, -0.2) is 60.1 Å². The second kappa shape index (κ2) is 10.1. The Labute approximate surface area is 183 Å². The molecule has 194 valence electrons. The maximum absolute atomic E-state index is 13.7. The first-order valence-electron chi connectivity index (χ1n) is 8.75. The van der Waals surface area contributed by atoms with Gasteiger partial charge < -0.3 is 14.8 Å². The van der Waals surface area contributed by atoms with Gasteiger partial charge in [-0.15, -0.1) is 0 Å². The molecule has 0 spiro atoms. The number of hydrogen-bond acceptors (Lipinski definition) is 6. The summed E-state index contributed by atoms with van der Waals surface area (Å²) in [4.78, 5) is 23.6. The van der Waals surface area contributed by atoms with Crippen molar-refractivity contribution in [2.75, 3.05) is 6.61 Å². The summed E-state index contributed by atoms with van der Waals surface area (Å²) >= 11 is 0. The third-order valence-corrected chi connectivity index (χ3v) is 4.51. The molecule has 1 unspecified atom stereocenters. The Hall–Kier alpha value is -2.01. The van der Waals surface area contributed by atoms with Crippen LogP contribution in [0.4, 0.5) is 35.1 Å². The fourth-order valence-corrected chi connectivity index (χ4v) is 2.50. The zero-order valence-electron chi connectivity index (χ0n) is 17.4. The molecule has 8 nitrogen and oxygen atoms in total. The normalized spacial score (nSPS) is 15.5. The highest BCUT2D eigenvalue weighted by atomic mass is 32.2. The lowest BCUT2D eigenvalue weighted by molar-refractivity contribution is -0.347. The van der Waals surface area contributed by atoms with E-state index < -0.39 is 82.4 Å². The number of amides is 1. The summed E-state index contributed by atoms with van der Waals surface area (Å²) in [6, 6.07) is 0. The molecular formula is C16H21F8NO7S. The van der Waals surface area contributed by atoms with Gasteiger partial charge in [-0.2, -0.15) is 43.5 Å². The highest BCUT2D eigenvalue weighted by Crippen LogP contribution is 2.42. The summed E-state index contributed by atoms with van der Waals surface area (Å²) in [6.07, 6.45) is -9.80. The van der Waals surface area contributed by atoms with E-state index in [-0.39, 0.29) is 0 Å². The van der Waals surface area contributed by atoms with Gasteiger partial charge in [0.05, 0.1) is 6.61 Å². The first kappa shape index (κ1) is 31.0. The minimum atomic E-state index is -6.51. The smallest absolute Gasteiger partial charge is 0.410 e. The van der Waals surface area contributed by atoms with Crippen LogP contribution in [0.15, 0.2) is 12.4 Å². The molecule has 1 atom stereocenters. The minimum absolute atomic E-state index is 0.925. The van der Waals surface area contributed by atoms with E-state index in [4.69, 9.17) is 4.55 Å². The van der Waals surface area contributed by atoms with Crippen LogP contribution in [0.3, 0.4) is 0 Å². The summed E-state index contributed by atoms with van der Waals surface area (Å²) in [5.74, 6) is -16.3. The van der Waals surface area contributed by atoms with Crippen LogP contribution in [-0.2, 0) is 29.2 Å². The Morgan fingerprint density at radius 2 is 1.48 bits per heavy atom. The lowest BCUT2D eigenvalue weighted by Gasteiger charge is -2.35. The number of carbonyl (C=O) groups excluding carboxylic acids is 2. The summed E-state index contributed by atoms with van der Waals surface area (Å²) in [5.41, 5.74) is -1.36. The van der Waals surface area contributed by atoms with E-state index in [0.717, 1.165) is 0 Å². The molecule has 0 aliphatic heterocycles. The number of alkyl halides is 7. The van der Waals surface area contributed by atoms with Crippen molar-refractivity contribution in [3.05, 3.63) is 12.4 Å². The summed E-state index contributed by atoms with van der Waals surface area (Å²) in [7, 11) is -6.51. The number of nitrogens with one attached hydrogen (secondary N) is 1. The Balaban J connectivity index is 5.66. The number of halogens is 8. The molecule has 0 radical (unpaired) electrons. The second-order valence-corrected chi connectivity index (χ2v) is 9.08. The maximum atomic E-state index is 13.7. The average molecular weight is 523 g/mol. The quantitative estimate of drug-likeness (QED) is 0.106. The van der Waals surface area contributed by atoms with E-state index in [2.05, 4.69) is 16.1 Å². The zero-order chi connectivity index (χ0) is 26.7. The molecular weight excluding hydrogens is 502 g/mol. The van der Waals surface area contributed by atoms with E-state index >= 15 is 0 Å². The van der Waals surface area contributed by atoms with E-state index in [1.54, 1.807) is 5.32 Å². The van der Waals surface area contributed by atoms with Gasteiger partial charge >= 0.3 is 45.1 Å². The summed E-state index contributed by atoms with van der Waals surface area (Å²) in [5, 5.41) is -4.10.